The van der Waals surface area contributed by atoms with Crippen LogP contribution in [0.1, 0.15) is 23.7 Å². The molecule has 0 atom stereocenters. The molecule has 0 fully saturated rings. The first kappa shape index (κ1) is 20.9. The second kappa shape index (κ2) is 8.81. The largest absolute Gasteiger partial charge is 0.497 e. The van der Waals surface area contributed by atoms with Gasteiger partial charge in [-0.15, -0.1) is 0 Å². The zero-order chi connectivity index (χ0) is 22.0. The zero-order valence-electron chi connectivity index (χ0n) is 18.5. The summed E-state index contributed by atoms with van der Waals surface area (Å²) < 4.78 is 12.4. The second-order valence-electron chi connectivity index (χ2n) is 7.65. The van der Waals surface area contributed by atoms with Crippen molar-refractivity contribution < 1.29 is 9.47 Å². The number of rotatable bonds is 6. The van der Waals surface area contributed by atoms with Gasteiger partial charge in [0, 0.05) is 23.5 Å². The van der Waals surface area contributed by atoms with Crippen LogP contribution in [0.2, 0.25) is 0 Å². The van der Waals surface area contributed by atoms with Crippen molar-refractivity contribution in [1.29, 1.82) is 0 Å². The van der Waals surface area contributed by atoms with Crippen molar-refractivity contribution in [3.8, 4) is 11.5 Å². The third-order valence-corrected chi connectivity index (χ3v) is 5.68. The lowest BCUT2D eigenvalue weighted by Gasteiger charge is -2.38. The molecule has 1 aromatic heterocycles. The monoisotopic (exact) mass is 420 g/mol. The Morgan fingerprint density at radius 3 is 2.13 bits per heavy atom. The Bertz CT molecular complexity index is 1110. The van der Waals surface area contributed by atoms with Crippen molar-refractivity contribution >= 4 is 11.6 Å². The first-order chi connectivity index (χ1) is 15.0. The molecule has 0 saturated carbocycles. The molecular formula is C24H28N4O3. The highest BCUT2D eigenvalue weighted by atomic mass is 16.5. The van der Waals surface area contributed by atoms with Crippen molar-refractivity contribution in [2.24, 2.45) is 0 Å². The molecule has 7 heteroatoms. The van der Waals surface area contributed by atoms with Gasteiger partial charge in [0.25, 0.3) is 5.56 Å². The van der Waals surface area contributed by atoms with E-state index in [9.17, 15) is 4.79 Å². The third-order valence-electron chi connectivity index (χ3n) is 5.68. The van der Waals surface area contributed by atoms with Crippen LogP contribution in [0, 0.1) is 6.92 Å². The predicted octanol–water partition coefficient (Wildman–Crippen LogP) is 3.70. The fourth-order valence-electron chi connectivity index (χ4n) is 3.98. The minimum atomic E-state index is 0.0305. The Morgan fingerprint density at radius 2 is 1.55 bits per heavy atom. The van der Waals surface area contributed by atoms with E-state index in [-0.39, 0.29) is 5.56 Å². The van der Waals surface area contributed by atoms with Crippen molar-refractivity contribution in [3.63, 3.8) is 0 Å². The van der Waals surface area contributed by atoms with Crippen LogP contribution in [-0.4, -0.2) is 35.3 Å². The maximum atomic E-state index is 13.3. The molecule has 31 heavy (non-hydrogen) atoms. The average Bonchev–Trinajstić information content (AvgIpc) is 2.80. The second-order valence-corrected chi connectivity index (χ2v) is 7.65. The highest BCUT2D eigenvalue weighted by Gasteiger charge is 2.27. The fraction of sp³-hybridized carbons (Fsp3) is 0.333. The van der Waals surface area contributed by atoms with Crippen LogP contribution in [0.15, 0.2) is 53.3 Å². The molecule has 2 heterocycles. The molecule has 0 aliphatic carbocycles. The van der Waals surface area contributed by atoms with Crippen molar-refractivity contribution in [2.45, 2.75) is 33.5 Å². The summed E-state index contributed by atoms with van der Waals surface area (Å²) in [5, 5.41) is 0. The molecule has 0 radical (unpaired) electrons. The summed E-state index contributed by atoms with van der Waals surface area (Å²) in [4.78, 5) is 22.4. The van der Waals surface area contributed by atoms with Gasteiger partial charge in [-0.25, -0.2) is 4.98 Å². The summed E-state index contributed by atoms with van der Waals surface area (Å²) in [6.07, 6.45) is 0.666. The van der Waals surface area contributed by atoms with E-state index in [4.69, 9.17) is 14.5 Å². The van der Waals surface area contributed by atoms with E-state index in [1.165, 1.54) is 0 Å². The zero-order valence-corrected chi connectivity index (χ0v) is 18.5. The lowest BCUT2D eigenvalue weighted by molar-refractivity contribution is 0.189. The summed E-state index contributed by atoms with van der Waals surface area (Å²) in [6, 6.07) is 15.9. The molecule has 4 rings (SSSR count). The number of anilines is 2. The summed E-state index contributed by atoms with van der Waals surface area (Å²) in [5.74, 6) is 2.30. The van der Waals surface area contributed by atoms with Crippen LogP contribution in [0.4, 0.5) is 11.6 Å². The molecule has 0 saturated heterocycles. The van der Waals surface area contributed by atoms with Gasteiger partial charge in [-0.1, -0.05) is 19.1 Å². The number of hydrogen-bond acceptors (Lipinski definition) is 6. The van der Waals surface area contributed by atoms with Crippen LogP contribution in [0.5, 0.6) is 11.5 Å². The van der Waals surface area contributed by atoms with Gasteiger partial charge in [-0.3, -0.25) is 19.2 Å². The Kier molecular flexibility index (Phi) is 5.95. The van der Waals surface area contributed by atoms with Gasteiger partial charge >= 0.3 is 0 Å². The first-order valence-corrected chi connectivity index (χ1v) is 10.4. The van der Waals surface area contributed by atoms with Crippen LogP contribution in [-0.2, 0) is 19.6 Å². The van der Waals surface area contributed by atoms with Gasteiger partial charge in [-0.2, -0.15) is 0 Å². The Balaban J connectivity index is 1.73. The molecule has 1 aliphatic rings. The standard InChI is InChI=1S/C24H28N4O3/c1-5-22-17(2)25-24-27(19-8-12-21(31-4)13-9-19)15-26(16-28(24)23(22)29)14-18-6-10-20(30-3)11-7-18/h6-13H,5,14-16H2,1-4H3. The van der Waals surface area contributed by atoms with Gasteiger partial charge in [0.1, 0.15) is 11.5 Å². The molecule has 0 N–H and O–H groups in total. The Morgan fingerprint density at radius 1 is 0.935 bits per heavy atom. The lowest BCUT2D eigenvalue weighted by atomic mass is 10.2. The molecule has 2 aromatic carbocycles. The van der Waals surface area contributed by atoms with Gasteiger partial charge < -0.3 is 9.47 Å². The van der Waals surface area contributed by atoms with Gasteiger partial charge in [0.2, 0.25) is 5.95 Å². The minimum absolute atomic E-state index is 0.0305. The van der Waals surface area contributed by atoms with Gasteiger partial charge in [0.05, 0.1) is 27.6 Å². The van der Waals surface area contributed by atoms with Crippen LogP contribution in [0.25, 0.3) is 0 Å². The van der Waals surface area contributed by atoms with Crippen molar-refractivity contribution in [3.05, 3.63) is 75.7 Å². The SMILES string of the molecule is CCc1c(C)nc2n(c1=O)CN(Cc1ccc(OC)cc1)CN2c1ccc(OC)cc1. The summed E-state index contributed by atoms with van der Waals surface area (Å²) >= 11 is 0. The quantitative estimate of drug-likeness (QED) is 0.606. The summed E-state index contributed by atoms with van der Waals surface area (Å²) in [7, 11) is 3.31. The lowest BCUT2D eigenvalue weighted by Crippen LogP contribution is -2.47. The highest BCUT2D eigenvalue weighted by Crippen LogP contribution is 2.30. The van der Waals surface area contributed by atoms with Crippen LogP contribution < -0.4 is 19.9 Å². The minimum Gasteiger partial charge on any atom is -0.497 e. The normalized spacial score (nSPS) is 13.7. The molecule has 0 amide bonds. The molecule has 0 bridgehead atoms. The molecule has 3 aromatic rings. The van der Waals surface area contributed by atoms with Crippen molar-refractivity contribution in [2.75, 3.05) is 25.8 Å². The molecule has 162 valence electrons. The van der Waals surface area contributed by atoms with E-state index in [1.807, 2.05) is 50.2 Å². The number of ether oxygens (including phenoxy) is 2. The fourth-order valence-corrected chi connectivity index (χ4v) is 3.98. The van der Waals surface area contributed by atoms with E-state index in [2.05, 4.69) is 21.9 Å². The molecule has 0 spiro atoms. The highest BCUT2D eigenvalue weighted by molar-refractivity contribution is 5.59. The van der Waals surface area contributed by atoms with Crippen LogP contribution in [0.3, 0.4) is 0 Å². The summed E-state index contributed by atoms with van der Waals surface area (Å²) in [5.41, 5.74) is 3.71. The maximum Gasteiger partial charge on any atom is 0.259 e. The van der Waals surface area contributed by atoms with Crippen molar-refractivity contribution in [1.82, 2.24) is 14.5 Å². The molecule has 1 aliphatic heterocycles. The van der Waals surface area contributed by atoms with Gasteiger partial charge in [0.15, 0.2) is 0 Å². The van der Waals surface area contributed by atoms with E-state index < -0.39 is 0 Å². The summed E-state index contributed by atoms with van der Waals surface area (Å²) in [6.45, 7) is 5.73. The van der Waals surface area contributed by atoms with E-state index in [0.29, 0.717) is 32.3 Å². The maximum absolute atomic E-state index is 13.3. The third kappa shape index (κ3) is 4.14. The van der Waals surface area contributed by atoms with E-state index >= 15 is 0 Å². The Labute approximate surface area is 182 Å². The van der Waals surface area contributed by atoms with E-state index in [1.54, 1.807) is 18.8 Å². The first-order valence-electron chi connectivity index (χ1n) is 10.4. The van der Waals surface area contributed by atoms with Gasteiger partial charge in [-0.05, 0) is 55.3 Å². The predicted molar refractivity (Wildman–Crippen MR) is 121 cm³/mol. The molecule has 7 nitrogen and oxygen atoms in total. The smallest absolute Gasteiger partial charge is 0.259 e. The number of aromatic nitrogens is 2. The topological polar surface area (TPSA) is 59.8 Å². The van der Waals surface area contributed by atoms with Crippen LogP contribution >= 0.6 is 0 Å². The molecule has 0 unspecified atom stereocenters. The molecular weight excluding hydrogens is 392 g/mol. The number of benzene rings is 2. The number of nitrogens with zero attached hydrogens (tertiary/aromatic N) is 4. The Hall–Kier alpha value is -3.32. The number of fused-ring (bicyclic) bond motifs is 1. The number of hydrogen-bond donors (Lipinski definition) is 0. The van der Waals surface area contributed by atoms with E-state index in [0.717, 1.165) is 34.0 Å². The number of aryl methyl sites for hydroxylation is 1. The average molecular weight is 421 g/mol. The number of methoxy groups -OCH3 is 2.